The molecule has 0 radical (unpaired) electrons. The number of rotatable bonds is 1. The van der Waals surface area contributed by atoms with E-state index >= 15 is 0 Å². The van der Waals surface area contributed by atoms with E-state index < -0.39 is 5.60 Å². The SMILES string of the molecule is CC(C)(C)CC(C)(O)C(C)(C)C. The van der Waals surface area contributed by atoms with E-state index in [1.165, 1.54) is 0 Å². The summed E-state index contributed by atoms with van der Waals surface area (Å²) in [6.07, 6.45) is 0.837. The molecule has 0 saturated carbocycles. The molecule has 1 atom stereocenters. The van der Waals surface area contributed by atoms with E-state index in [-0.39, 0.29) is 10.8 Å². The first-order chi connectivity index (χ1) is 4.96. The maximum atomic E-state index is 10.2. The topological polar surface area (TPSA) is 20.2 Å². The third-order valence-electron chi connectivity index (χ3n) is 2.49. The molecule has 0 aliphatic rings. The van der Waals surface area contributed by atoms with Gasteiger partial charge in [-0.15, -0.1) is 0 Å². The minimum atomic E-state index is -0.578. The summed E-state index contributed by atoms with van der Waals surface area (Å²) in [4.78, 5) is 0. The first-order valence-corrected chi connectivity index (χ1v) is 4.68. The predicted octanol–water partition coefficient (Wildman–Crippen LogP) is 3.22. The molecule has 1 nitrogen and oxygen atoms in total. The largest absolute Gasteiger partial charge is 0.390 e. The van der Waals surface area contributed by atoms with Gasteiger partial charge in [0.25, 0.3) is 0 Å². The molecule has 0 fully saturated rings. The van der Waals surface area contributed by atoms with Crippen molar-refractivity contribution in [1.82, 2.24) is 0 Å². The maximum absolute atomic E-state index is 10.2. The van der Waals surface area contributed by atoms with Gasteiger partial charge in [-0.3, -0.25) is 0 Å². The van der Waals surface area contributed by atoms with Crippen LogP contribution in [0.2, 0.25) is 0 Å². The van der Waals surface area contributed by atoms with Crippen LogP contribution in [0.1, 0.15) is 54.9 Å². The lowest BCUT2D eigenvalue weighted by molar-refractivity contribution is -0.0693. The quantitative estimate of drug-likeness (QED) is 0.644. The average molecular weight is 172 g/mol. The minimum Gasteiger partial charge on any atom is -0.390 e. The van der Waals surface area contributed by atoms with Gasteiger partial charge < -0.3 is 5.11 Å². The van der Waals surface area contributed by atoms with Crippen LogP contribution < -0.4 is 0 Å². The lowest BCUT2D eigenvalue weighted by Crippen LogP contribution is -2.42. The first kappa shape index (κ1) is 12.0. The second-order valence-corrected chi connectivity index (χ2v) is 6.26. The van der Waals surface area contributed by atoms with Gasteiger partial charge in [0.1, 0.15) is 0 Å². The molecule has 0 aliphatic carbocycles. The van der Waals surface area contributed by atoms with Gasteiger partial charge in [0, 0.05) is 0 Å². The van der Waals surface area contributed by atoms with Crippen molar-refractivity contribution in [2.24, 2.45) is 10.8 Å². The Morgan fingerprint density at radius 3 is 1.25 bits per heavy atom. The summed E-state index contributed by atoms with van der Waals surface area (Å²) in [6.45, 7) is 14.7. The van der Waals surface area contributed by atoms with Crippen molar-refractivity contribution in [2.45, 2.75) is 60.5 Å². The fourth-order valence-corrected chi connectivity index (χ4v) is 1.30. The Kier molecular flexibility index (Phi) is 3.01. The van der Waals surface area contributed by atoms with Crippen LogP contribution in [0.4, 0.5) is 0 Å². The van der Waals surface area contributed by atoms with Crippen molar-refractivity contribution in [3.8, 4) is 0 Å². The number of hydrogen-bond acceptors (Lipinski definition) is 1. The Hall–Kier alpha value is -0.0400. The highest BCUT2D eigenvalue weighted by Gasteiger charge is 2.38. The van der Waals surface area contributed by atoms with Crippen LogP contribution in [-0.2, 0) is 0 Å². The van der Waals surface area contributed by atoms with Crippen LogP contribution in [-0.4, -0.2) is 10.7 Å². The smallest absolute Gasteiger partial charge is 0.0672 e. The third kappa shape index (κ3) is 3.57. The fraction of sp³-hybridized carbons (Fsp3) is 1.00. The van der Waals surface area contributed by atoms with Crippen LogP contribution in [0.3, 0.4) is 0 Å². The number of aliphatic hydroxyl groups is 1. The molecule has 0 heterocycles. The van der Waals surface area contributed by atoms with E-state index in [0.717, 1.165) is 6.42 Å². The monoisotopic (exact) mass is 172 g/mol. The van der Waals surface area contributed by atoms with Gasteiger partial charge in [-0.1, -0.05) is 41.5 Å². The maximum Gasteiger partial charge on any atom is 0.0672 e. The van der Waals surface area contributed by atoms with Gasteiger partial charge in [0.05, 0.1) is 5.60 Å². The normalized spacial score (nSPS) is 19.0. The summed E-state index contributed by atoms with van der Waals surface area (Å²) in [6, 6.07) is 0. The highest BCUT2D eigenvalue weighted by Crippen LogP contribution is 2.38. The van der Waals surface area contributed by atoms with E-state index in [1.807, 2.05) is 6.92 Å². The van der Waals surface area contributed by atoms with E-state index in [1.54, 1.807) is 0 Å². The third-order valence-corrected chi connectivity index (χ3v) is 2.49. The van der Waals surface area contributed by atoms with Crippen LogP contribution in [0, 0.1) is 10.8 Å². The first-order valence-electron chi connectivity index (χ1n) is 4.68. The highest BCUT2D eigenvalue weighted by atomic mass is 16.3. The summed E-state index contributed by atoms with van der Waals surface area (Å²) in [5.41, 5.74) is -0.428. The molecule has 0 rings (SSSR count). The molecule has 1 N–H and O–H groups in total. The molecular weight excluding hydrogens is 148 g/mol. The lowest BCUT2D eigenvalue weighted by Gasteiger charge is -2.41. The molecule has 0 bridgehead atoms. The molecular formula is C11H24O. The van der Waals surface area contributed by atoms with Crippen molar-refractivity contribution < 1.29 is 5.11 Å². The minimum absolute atomic E-state index is 0.0414. The molecule has 0 saturated heterocycles. The molecule has 0 amide bonds. The Morgan fingerprint density at radius 1 is 0.833 bits per heavy atom. The molecule has 1 unspecified atom stereocenters. The summed E-state index contributed by atoms with van der Waals surface area (Å²) in [5.74, 6) is 0. The van der Waals surface area contributed by atoms with Crippen molar-refractivity contribution >= 4 is 0 Å². The van der Waals surface area contributed by atoms with Crippen LogP contribution >= 0.6 is 0 Å². The second-order valence-electron chi connectivity index (χ2n) is 6.26. The van der Waals surface area contributed by atoms with Crippen molar-refractivity contribution in [1.29, 1.82) is 0 Å². The molecule has 12 heavy (non-hydrogen) atoms. The molecule has 1 heteroatoms. The van der Waals surface area contributed by atoms with Crippen LogP contribution in [0.25, 0.3) is 0 Å². The average Bonchev–Trinajstić information content (AvgIpc) is 1.52. The second kappa shape index (κ2) is 3.02. The van der Waals surface area contributed by atoms with Crippen molar-refractivity contribution in [2.75, 3.05) is 0 Å². The Morgan fingerprint density at radius 2 is 1.17 bits per heavy atom. The zero-order valence-corrected chi connectivity index (χ0v) is 9.65. The molecule has 0 spiro atoms. The van der Waals surface area contributed by atoms with Gasteiger partial charge in [0.15, 0.2) is 0 Å². The van der Waals surface area contributed by atoms with Gasteiger partial charge in [-0.05, 0) is 24.2 Å². The summed E-state index contributed by atoms with van der Waals surface area (Å²) < 4.78 is 0. The van der Waals surface area contributed by atoms with E-state index in [0.29, 0.717) is 0 Å². The highest BCUT2D eigenvalue weighted by molar-refractivity contribution is 4.89. The van der Waals surface area contributed by atoms with Gasteiger partial charge in [0.2, 0.25) is 0 Å². The lowest BCUT2D eigenvalue weighted by atomic mass is 9.70. The van der Waals surface area contributed by atoms with Gasteiger partial charge in [-0.25, -0.2) is 0 Å². The van der Waals surface area contributed by atoms with E-state index in [4.69, 9.17) is 0 Å². The Labute approximate surface area is 77.2 Å². The van der Waals surface area contributed by atoms with Gasteiger partial charge >= 0.3 is 0 Å². The van der Waals surface area contributed by atoms with Crippen LogP contribution in [0.15, 0.2) is 0 Å². The van der Waals surface area contributed by atoms with E-state index in [2.05, 4.69) is 41.5 Å². The predicted molar refractivity (Wildman–Crippen MR) is 54.2 cm³/mol. The van der Waals surface area contributed by atoms with Gasteiger partial charge in [-0.2, -0.15) is 0 Å². The molecule has 0 aromatic carbocycles. The molecule has 0 aromatic rings. The van der Waals surface area contributed by atoms with Crippen LogP contribution in [0.5, 0.6) is 0 Å². The van der Waals surface area contributed by atoms with E-state index in [9.17, 15) is 5.11 Å². The number of hydrogen-bond donors (Lipinski definition) is 1. The summed E-state index contributed by atoms with van der Waals surface area (Å²) in [7, 11) is 0. The standard InChI is InChI=1S/C11H24O/c1-9(2,3)8-11(7,12)10(4,5)6/h12H,8H2,1-7H3. The fourth-order valence-electron chi connectivity index (χ4n) is 1.30. The molecule has 74 valence electrons. The Balaban J connectivity index is 4.44. The molecule has 0 aromatic heterocycles. The zero-order chi connectivity index (χ0) is 10.2. The van der Waals surface area contributed by atoms with Crippen molar-refractivity contribution in [3.05, 3.63) is 0 Å². The van der Waals surface area contributed by atoms with Crippen molar-refractivity contribution in [3.63, 3.8) is 0 Å². The molecule has 0 aliphatic heterocycles. The zero-order valence-electron chi connectivity index (χ0n) is 9.65. The summed E-state index contributed by atoms with van der Waals surface area (Å²) in [5, 5.41) is 10.2. The Bertz CT molecular complexity index is 143. The summed E-state index contributed by atoms with van der Waals surface area (Å²) >= 11 is 0.